The van der Waals surface area contributed by atoms with Gasteiger partial charge in [-0.25, -0.2) is 0 Å². The highest BCUT2D eigenvalue weighted by Crippen LogP contribution is 2.75. The molecule has 10 atom stereocenters. The molecule has 10 unspecified atom stereocenters. The molecule has 0 aromatic rings. The smallest absolute Gasteiger partial charge is 0.302 e. The number of fused-ring (bicyclic) bond motifs is 7. The summed E-state index contributed by atoms with van der Waals surface area (Å²) in [6.45, 7) is 18.0. The number of ketones is 1. The maximum absolute atomic E-state index is 13.0. The average Bonchev–Trinajstić information content (AvgIpc) is 2.80. The van der Waals surface area contributed by atoms with E-state index >= 15 is 0 Å². The normalized spacial score (nSPS) is 51.6. The third kappa shape index (κ3) is 3.14. The molecule has 4 saturated carbocycles. The van der Waals surface area contributed by atoms with Gasteiger partial charge in [0.2, 0.25) is 0 Å². The molecule has 4 heteroatoms. The van der Waals surface area contributed by atoms with Crippen LogP contribution in [-0.4, -0.2) is 24.1 Å². The van der Waals surface area contributed by atoms with Gasteiger partial charge < -0.3 is 9.53 Å². The van der Waals surface area contributed by atoms with E-state index in [1.165, 1.54) is 18.8 Å². The number of ether oxygens (including phenoxy) is 1. The zero-order valence-corrected chi connectivity index (χ0v) is 23.9. The van der Waals surface area contributed by atoms with E-state index in [4.69, 9.17) is 4.74 Å². The summed E-state index contributed by atoms with van der Waals surface area (Å²) >= 11 is 0. The molecular formula is C32H48O4. The lowest BCUT2D eigenvalue weighted by Crippen LogP contribution is -2.65. The number of rotatable bonds is 2. The molecule has 4 nitrogen and oxygen atoms in total. The number of carbonyl (C=O) groups is 3. The van der Waals surface area contributed by atoms with E-state index in [9.17, 15) is 14.4 Å². The first-order chi connectivity index (χ1) is 16.7. The first-order valence-electron chi connectivity index (χ1n) is 14.6. The van der Waals surface area contributed by atoms with Crippen molar-refractivity contribution in [3.05, 3.63) is 11.6 Å². The third-order valence-electron chi connectivity index (χ3n) is 13.4. The number of Topliss-reactive ketones (excluding diaryl/α,β-unsaturated/α-hetero) is 1. The molecule has 5 aliphatic carbocycles. The van der Waals surface area contributed by atoms with Gasteiger partial charge in [-0.1, -0.05) is 60.1 Å². The Bertz CT molecular complexity index is 1010. The number of hydrogen-bond donors (Lipinski definition) is 0. The Labute approximate surface area is 218 Å². The molecule has 0 bridgehead atoms. The van der Waals surface area contributed by atoms with Crippen molar-refractivity contribution in [1.29, 1.82) is 0 Å². The summed E-state index contributed by atoms with van der Waals surface area (Å²) < 4.78 is 5.77. The molecule has 0 radical (unpaired) electrons. The second-order valence-electron chi connectivity index (χ2n) is 14.8. The quantitative estimate of drug-likeness (QED) is 0.236. The van der Waals surface area contributed by atoms with Crippen LogP contribution in [0.25, 0.3) is 0 Å². The fraction of sp³-hybridized carbons (Fsp3) is 0.844. The third-order valence-corrected chi connectivity index (χ3v) is 13.4. The summed E-state index contributed by atoms with van der Waals surface area (Å²) in [5, 5.41) is 0. The van der Waals surface area contributed by atoms with Crippen molar-refractivity contribution in [2.45, 2.75) is 113 Å². The molecule has 0 spiro atoms. The second kappa shape index (κ2) is 8.03. The monoisotopic (exact) mass is 496 g/mol. The maximum Gasteiger partial charge on any atom is 0.302 e. The molecule has 0 aromatic heterocycles. The number of hydrogen-bond acceptors (Lipinski definition) is 4. The lowest BCUT2D eigenvalue weighted by atomic mass is 9.33. The zero-order valence-electron chi connectivity index (χ0n) is 23.9. The van der Waals surface area contributed by atoms with Gasteiger partial charge in [0.15, 0.2) is 0 Å². The van der Waals surface area contributed by atoms with Gasteiger partial charge in [0.05, 0.1) is 0 Å². The van der Waals surface area contributed by atoms with E-state index in [-0.39, 0.29) is 51.5 Å². The summed E-state index contributed by atoms with van der Waals surface area (Å²) in [5.41, 5.74) is 1.21. The summed E-state index contributed by atoms with van der Waals surface area (Å²) in [5.74, 6) is 1.91. The first-order valence-corrected chi connectivity index (χ1v) is 14.6. The van der Waals surface area contributed by atoms with Gasteiger partial charge >= 0.3 is 5.97 Å². The van der Waals surface area contributed by atoms with E-state index < -0.39 is 5.41 Å². The topological polar surface area (TPSA) is 60.4 Å². The number of aldehydes is 1. The predicted octanol–water partition coefficient (Wildman–Crippen LogP) is 6.95. The fourth-order valence-corrected chi connectivity index (χ4v) is 11.0. The number of esters is 1. The lowest BCUT2D eigenvalue weighted by molar-refractivity contribution is -0.191. The molecule has 36 heavy (non-hydrogen) atoms. The van der Waals surface area contributed by atoms with Crippen molar-refractivity contribution in [1.82, 2.24) is 0 Å². The van der Waals surface area contributed by atoms with Crippen LogP contribution in [0.4, 0.5) is 0 Å². The van der Waals surface area contributed by atoms with Crippen LogP contribution in [0.3, 0.4) is 0 Å². The second-order valence-corrected chi connectivity index (χ2v) is 14.8. The van der Waals surface area contributed by atoms with Crippen molar-refractivity contribution in [2.75, 3.05) is 0 Å². The van der Waals surface area contributed by atoms with Crippen LogP contribution in [0, 0.1) is 56.7 Å². The van der Waals surface area contributed by atoms with Crippen LogP contribution in [-0.2, 0) is 19.1 Å². The molecule has 0 aliphatic heterocycles. The highest BCUT2D eigenvalue weighted by Gasteiger charge is 2.69. The zero-order chi connectivity index (χ0) is 26.5. The average molecular weight is 497 g/mol. The van der Waals surface area contributed by atoms with Crippen molar-refractivity contribution in [3.8, 4) is 0 Å². The van der Waals surface area contributed by atoms with Crippen molar-refractivity contribution < 1.29 is 19.1 Å². The molecule has 200 valence electrons. The van der Waals surface area contributed by atoms with Gasteiger partial charge in [0.25, 0.3) is 0 Å². The minimum Gasteiger partial charge on any atom is -0.462 e. The molecule has 0 heterocycles. The number of carbonyl (C=O) groups excluding carboxylic acids is 3. The van der Waals surface area contributed by atoms with E-state index in [2.05, 4.69) is 54.5 Å². The predicted molar refractivity (Wildman–Crippen MR) is 141 cm³/mol. The van der Waals surface area contributed by atoms with Crippen LogP contribution < -0.4 is 0 Å². The molecule has 4 fully saturated rings. The highest BCUT2D eigenvalue weighted by molar-refractivity contribution is 5.85. The van der Waals surface area contributed by atoms with Crippen LogP contribution in [0.5, 0.6) is 0 Å². The summed E-state index contributed by atoms with van der Waals surface area (Å²) in [6.07, 6.45) is 11.2. The molecule has 5 aliphatic rings. The van der Waals surface area contributed by atoms with Gasteiger partial charge in [0.1, 0.15) is 18.2 Å². The molecule has 5 rings (SSSR count). The minimum atomic E-state index is -0.444. The van der Waals surface area contributed by atoms with Gasteiger partial charge in [-0.3, -0.25) is 9.59 Å². The summed E-state index contributed by atoms with van der Waals surface area (Å²) in [7, 11) is 0. The molecule has 0 aromatic carbocycles. The largest absolute Gasteiger partial charge is 0.462 e. The Morgan fingerprint density at radius 1 is 1.00 bits per heavy atom. The van der Waals surface area contributed by atoms with Crippen LogP contribution in [0.15, 0.2) is 11.6 Å². The maximum atomic E-state index is 13.0. The highest BCUT2D eigenvalue weighted by atomic mass is 16.5. The summed E-state index contributed by atoms with van der Waals surface area (Å²) in [4.78, 5) is 37.7. The van der Waals surface area contributed by atoms with Crippen molar-refractivity contribution >= 4 is 18.0 Å². The van der Waals surface area contributed by atoms with Gasteiger partial charge in [-0.15, -0.1) is 0 Å². The Morgan fingerprint density at radius 3 is 2.33 bits per heavy atom. The molecule has 0 saturated heterocycles. The van der Waals surface area contributed by atoms with E-state index in [1.807, 2.05) is 0 Å². The van der Waals surface area contributed by atoms with E-state index in [0.29, 0.717) is 30.5 Å². The summed E-state index contributed by atoms with van der Waals surface area (Å²) in [6, 6.07) is 0. The van der Waals surface area contributed by atoms with Crippen molar-refractivity contribution in [3.63, 3.8) is 0 Å². The van der Waals surface area contributed by atoms with Crippen LogP contribution in [0.2, 0.25) is 0 Å². The van der Waals surface area contributed by atoms with Crippen molar-refractivity contribution in [2.24, 2.45) is 56.7 Å². The molecular weight excluding hydrogens is 448 g/mol. The van der Waals surface area contributed by atoms with Crippen LogP contribution >= 0.6 is 0 Å². The van der Waals surface area contributed by atoms with Gasteiger partial charge in [-0.05, 0) is 90.8 Å². The number of allylic oxidation sites excluding steroid dienone is 2. The fourth-order valence-electron chi connectivity index (χ4n) is 11.0. The standard InChI is InChI=1S/C32H48O4/c1-19-20(2)27-22-9-10-25-29(6)13-12-26(35)28(4,5)24(29)11-14-31(25,8)30(22,7)15-16-32(27,18-33)17-23(19)36-21(3)34/h9,18-20,23-25,27H,10-17H2,1-8H3. The Hall–Kier alpha value is -1.45. The Kier molecular flexibility index (Phi) is 5.83. The Balaban J connectivity index is 1.57. The molecule has 0 amide bonds. The van der Waals surface area contributed by atoms with Gasteiger partial charge in [0, 0.05) is 24.2 Å². The van der Waals surface area contributed by atoms with Crippen LogP contribution in [0.1, 0.15) is 107 Å². The lowest BCUT2D eigenvalue weighted by Gasteiger charge is -2.71. The Morgan fingerprint density at radius 2 is 1.69 bits per heavy atom. The van der Waals surface area contributed by atoms with E-state index in [0.717, 1.165) is 38.5 Å². The first kappa shape index (κ1) is 26.2. The SMILES string of the molecule is CC(=O)OC1CC2(C=O)CCC3(C)C(=CCC4C5(C)CCC(=O)C(C)(C)C5CCC43C)C2C(C)C1C. The van der Waals surface area contributed by atoms with E-state index in [1.54, 1.807) is 0 Å². The molecule has 0 N–H and O–H groups in total. The minimum absolute atomic E-state index is 0.0505. The van der Waals surface area contributed by atoms with Gasteiger partial charge in [-0.2, -0.15) is 0 Å².